The molecule has 0 amide bonds. The zero-order valence-electron chi connectivity index (χ0n) is 9.94. The number of anilines is 1. The third-order valence-electron chi connectivity index (χ3n) is 3.28. The SMILES string of the molecule is CC1(NS(=O)(=O)c2ccc(N)cc2)CCCC1. The molecule has 17 heavy (non-hydrogen) atoms. The third-order valence-corrected chi connectivity index (χ3v) is 4.93. The van der Waals surface area contributed by atoms with Crippen LogP contribution in [0, 0.1) is 0 Å². The van der Waals surface area contributed by atoms with Gasteiger partial charge >= 0.3 is 0 Å². The summed E-state index contributed by atoms with van der Waals surface area (Å²) in [6.07, 6.45) is 3.98. The predicted octanol–water partition coefficient (Wildman–Crippen LogP) is 1.88. The summed E-state index contributed by atoms with van der Waals surface area (Å²) in [5, 5.41) is 0. The summed E-state index contributed by atoms with van der Waals surface area (Å²) >= 11 is 0. The van der Waals surface area contributed by atoms with E-state index in [0.717, 1.165) is 25.7 Å². The van der Waals surface area contributed by atoms with Gasteiger partial charge in [0.2, 0.25) is 10.0 Å². The van der Waals surface area contributed by atoms with Crippen molar-refractivity contribution in [3.05, 3.63) is 24.3 Å². The minimum Gasteiger partial charge on any atom is -0.399 e. The highest BCUT2D eigenvalue weighted by molar-refractivity contribution is 7.89. The number of sulfonamides is 1. The van der Waals surface area contributed by atoms with Gasteiger partial charge in [-0.1, -0.05) is 12.8 Å². The number of rotatable bonds is 3. The second-order valence-electron chi connectivity index (χ2n) is 4.94. The molecule has 1 aliphatic rings. The Balaban J connectivity index is 2.22. The van der Waals surface area contributed by atoms with Crippen LogP contribution in [0.2, 0.25) is 0 Å². The van der Waals surface area contributed by atoms with Crippen molar-refractivity contribution in [1.82, 2.24) is 4.72 Å². The lowest BCUT2D eigenvalue weighted by Gasteiger charge is -2.24. The van der Waals surface area contributed by atoms with Gasteiger partial charge < -0.3 is 5.73 Å². The Morgan fingerprint density at radius 2 is 1.71 bits per heavy atom. The number of hydrogen-bond donors (Lipinski definition) is 2. The zero-order chi connectivity index (χ0) is 12.5. The Morgan fingerprint density at radius 3 is 2.24 bits per heavy atom. The molecule has 4 nitrogen and oxygen atoms in total. The lowest BCUT2D eigenvalue weighted by atomic mass is 10.0. The molecule has 0 aliphatic heterocycles. The van der Waals surface area contributed by atoms with E-state index in [1.165, 1.54) is 12.1 Å². The molecule has 1 fully saturated rings. The quantitative estimate of drug-likeness (QED) is 0.809. The van der Waals surface area contributed by atoms with Crippen LogP contribution in [0.5, 0.6) is 0 Å². The molecule has 0 unspecified atom stereocenters. The molecule has 0 saturated heterocycles. The van der Waals surface area contributed by atoms with E-state index >= 15 is 0 Å². The second-order valence-corrected chi connectivity index (χ2v) is 6.62. The molecule has 0 bridgehead atoms. The maximum Gasteiger partial charge on any atom is 0.241 e. The highest BCUT2D eigenvalue weighted by Gasteiger charge is 2.33. The van der Waals surface area contributed by atoms with Crippen molar-refractivity contribution >= 4 is 15.7 Å². The van der Waals surface area contributed by atoms with E-state index in [-0.39, 0.29) is 10.4 Å². The van der Waals surface area contributed by atoms with Crippen LogP contribution in [-0.4, -0.2) is 14.0 Å². The highest BCUT2D eigenvalue weighted by atomic mass is 32.2. The van der Waals surface area contributed by atoms with Crippen LogP contribution in [0.1, 0.15) is 32.6 Å². The lowest BCUT2D eigenvalue weighted by molar-refractivity contribution is 0.427. The minimum absolute atomic E-state index is 0.278. The first-order valence-electron chi connectivity index (χ1n) is 5.81. The van der Waals surface area contributed by atoms with Crippen LogP contribution in [0.15, 0.2) is 29.2 Å². The molecule has 1 aromatic carbocycles. The Kier molecular flexibility index (Phi) is 3.14. The molecule has 0 spiro atoms. The normalized spacial score (nSPS) is 19.4. The number of nitrogens with one attached hydrogen (secondary N) is 1. The smallest absolute Gasteiger partial charge is 0.241 e. The maximum atomic E-state index is 12.2. The van der Waals surface area contributed by atoms with Crippen LogP contribution in [0.4, 0.5) is 5.69 Å². The van der Waals surface area contributed by atoms with Gasteiger partial charge in [0.15, 0.2) is 0 Å². The predicted molar refractivity (Wildman–Crippen MR) is 68.0 cm³/mol. The van der Waals surface area contributed by atoms with Crippen molar-refractivity contribution in [3.8, 4) is 0 Å². The largest absolute Gasteiger partial charge is 0.399 e. The van der Waals surface area contributed by atoms with Gasteiger partial charge in [0, 0.05) is 11.2 Å². The summed E-state index contributed by atoms with van der Waals surface area (Å²) in [6.45, 7) is 1.97. The van der Waals surface area contributed by atoms with E-state index < -0.39 is 10.0 Å². The van der Waals surface area contributed by atoms with Crippen LogP contribution >= 0.6 is 0 Å². The summed E-state index contributed by atoms with van der Waals surface area (Å²) in [7, 11) is -3.42. The van der Waals surface area contributed by atoms with Gasteiger partial charge in [0.25, 0.3) is 0 Å². The van der Waals surface area contributed by atoms with E-state index in [0.29, 0.717) is 5.69 Å². The van der Waals surface area contributed by atoms with Crippen LogP contribution in [0.25, 0.3) is 0 Å². The molecule has 1 aliphatic carbocycles. The summed E-state index contributed by atoms with van der Waals surface area (Å²) in [5.41, 5.74) is 5.82. The zero-order valence-corrected chi connectivity index (χ0v) is 10.8. The van der Waals surface area contributed by atoms with Crippen LogP contribution in [-0.2, 0) is 10.0 Å². The highest BCUT2D eigenvalue weighted by Crippen LogP contribution is 2.30. The van der Waals surface area contributed by atoms with Crippen molar-refractivity contribution in [2.75, 3.05) is 5.73 Å². The molecule has 0 heterocycles. The van der Waals surface area contributed by atoms with Gasteiger partial charge in [-0.3, -0.25) is 0 Å². The number of nitrogens with two attached hydrogens (primary N) is 1. The molecule has 0 atom stereocenters. The van der Waals surface area contributed by atoms with Crippen molar-refractivity contribution < 1.29 is 8.42 Å². The number of benzene rings is 1. The number of nitrogen functional groups attached to an aromatic ring is 1. The van der Waals surface area contributed by atoms with Gasteiger partial charge in [-0.2, -0.15) is 0 Å². The van der Waals surface area contributed by atoms with E-state index in [2.05, 4.69) is 4.72 Å². The lowest BCUT2D eigenvalue weighted by Crippen LogP contribution is -2.43. The van der Waals surface area contributed by atoms with E-state index in [1.807, 2.05) is 6.92 Å². The first-order chi connectivity index (χ1) is 7.91. The Bertz CT molecular complexity index is 488. The van der Waals surface area contributed by atoms with Gasteiger partial charge in [-0.05, 0) is 44.0 Å². The fourth-order valence-corrected chi connectivity index (χ4v) is 3.75. The average molecular weight is 254 g/mol. The maximum absolute atomic E-state index is 12.2. The molecule has 5 heteroatoms. The summed E-state index contributed by atoms with van der Waals surface area (Å²) < 4.78 is 27.1. The van der Waals surface area contributed by atoms with E-state index in [4.69, 9.17) is 5.73 Å². The fourth-order valence-electron chi connectivity index (χ4n) is 2.29. The molecular formula is C12H18N2O2S. The molecule has 0 radical (unpaired) electrons. The standard InChI is InChI=1S/C12H18N2O2S/c1-12(8-2-3-9-12)14-17(15,16)11-6-4-10(13)5-7-11/h4-7,14H,2-3,8-9,13H2,1H3. The Morgan fingerprint density at radius 1 is 1.18 bits per heavy atom. The van der Waals surface area contributed by atoms with Crippen molar-refractivity contribution in [2.24, 2.45) is 0 Å². The molecular weight excluding hydrogens is 236 g/mol. The summed E-state index contributed by atoms with van der Waals surface area (Å²) in [6, 6.07) is 6.28. The first kappa shape index (κ1) is 12.4. The van der Waals surface area contributed by atoms with Crippen LogP contribution < -0.4 is 10.5 Å². The number of hydrogen-bond acceptors (Lipinski definition) is 3. The average Bonchev–Trinajstić information content (AvgIpc) is 2.64. The van der Waals surface area contributed by atoms with Crippen molar-refractivity contribution in [3.63, 3.8) is 0 Å². The van der Waals surface area contributed by atoms with Crippen molar-refractivity contribution in [2.45, 2.75) is 43.0 Å². The molecule has 3 N–H and O–H groups in total. The van der Waals surface area contributed by atoms with Gasteiger partial charge in [-0.25, -0.2) is 13.1 Å². The Hall–Kier alpha value is -1.07. The van der Waals surface area contributed by atoms with Crippen molar-refractivity contribution in [1.29, 1.82) is 0 Å². The second kappa shape index (κ2) is 4.31. The monoisotopic (exact) mass is 254 g/mol. The fraction of sp³-hybridized carbons (Fsp3) is 0.500. The van der Waals surface area contributed by atoms with Gasteiger partial charge in [0.05, 0.1) is 4.90 Å². The van der Waals surface area contributed by atoms with Gasteiger partial charge in [0.1, 0.15) is 0 Å². The van der Waals surface area contributed by atoms with E-state index in [9.17, 15) is 8.42 Å². The molecule has 1 aromatic rings. The summed E-state index contributed by atoms with van der Waals surface area (Å²) in [5.74, 6) is 0. The minimum atomic E-state index is -3.42. The topological polar surface area (TPSA) is 72.2 Å². The Labute approximate surface area is 102 Å². The van der Waals surface area contributed by atoms with Crippen LogP contribution in [0.3, 0.4) is 0 Å². The molecule has 1 saturated carbocycles. The summed E-state index contributed by atoms with van der Waals surface area (Å²) in [4.78, 5) is 0.278. The van der Waals surface area contributed by atoms with Gasteiger partial charge in [-0.15, -0.1) is 0 Å². The molecule has 94 valence electrons. The molecule has 2 rings (SSSR count). The molecule has 0 aromatic heterocycles. The first-order valence-corrected chi connectivity index (χ1v) is 7.29. The third kappa shape index (κ3) is 2.79. The van der Waals surface area contributed by atoms with E-state index in [1.54, 1.807) is 12.1 Å².